The summed E-state index contributed by atoms with van der Waals surface area (Å²) in [5, 5.41) is 0. The molecule has 1 aromatic carbocycles. The van der Waals surface area contributed by atoms with Crippen LogP contribution in [-0.4, -0.2) is 37.9 Å². The molecule has 0 spiro atoms. The Kier molecular flexibility index (Phi) is 4.92. The highest BCUT2D eigenvalue weighted by atomic mass is 32.3. The number of hydrogen-bond donors (Lipinski definition) is 2. The van der Waals surface area contributed by atoms with Gasteiger partial charge in [0.15, 0.2) is 0 Å². The molecule has 0 fully saturated rings. The maximum Gasteiger partial charge on any atom is 0.449 e. The molecule has 22 heavy (non-hydrogen) atoms. The van der Waals surface area contributed by atoms with Gasteiger partial charge in [-0.3, -0.25) is 9.11 Å². The molecule has 10 nitrogen and oxygen atoms in total. The Labute approximate surface area is 125 Å². The van der Waals surface area contributed by atoms with Crippen molar-refractivity contribution in [3.05, 3.63) is 34.4 Å². The van der Waals surface area contributed by atoms with Crippen molar-refractivity contribution in [3.8, 4) is 0 Å². The number of carbonyl (C=O) groups is 2. The first kappa shape index (κ1) is 18.0. The third-order valence-corrected chi connectivity index (χ3v) is 3.18. The minimum atomic E-state index is -5.07. The molecular weight excluding hydrogens is 344 g/mol. The molecule has 0 saturated heterocycles. The Morgan fingerprint density at radius 1 is 0.909 bits per heavy atom. The van der Waals surface area contributed by atoms with Gasteiger partial charge >= 0.3 is 32.7 Å². The van der Waals surface area contributed by atoms with E-state index in [0.717, 1.165) is 6.07 Å². The highest BCUT2D eigenvalue weighted by Crippen LogP contribution is 2.21. The van der Waals surface area contributed by atoms with Crippen molar-refractivity contribution in [2.24, 2.45) is 0 Å². The van der Waals surface area contributed by atoms with E-state index in [9.17, 15) is 26.4 Å². The van der Waals surface area contributed by atoms with Gasteiger partial charge in [0.05, 0.1) is 11.1 Å². The molecule has 0 aromatic heterocycles. The Morgan fingerprint density at radius 3 is 1.82 bits per heavy atom. The van der Waals surface area contributed by atoms with Crippen LogP contribution in [-0.2, 0) is 29.2 Å². The topological polar surface area (TPSA) is 161 Å². The lowest BCUT2D eigenvalue weighted by atomic mass is 9.98. The zero-order chi connectivity index (χ0) is 17.3. The molecule has 1 aromatic rings. The summed E-state index contributed by atoms with van der Waals surface area (Å²) in [6, 6.07) is 2.29. The second-order valence-corrected chi connectivity index (χ2v) is 6.07. The van der Waals surface area contributed by atoms with Crippen molar-refractivity contribution in [3.63, 3.8) is 0 Å². The van der Waals surface area contributed by atoms with Crippen LogP contribution in [0.1, 0.15) is 31.8 Å². The van der Waals surface area contributed by atoms with Crippen LogP contribution in [0.5, 0.6) is 0 Å². The van der Waals surface area contributed by atoms with E-state index in [1.807, 2.05) is 0 Å². The zero-order valence-corrected chi connectivity index (χ0v) is 12.8. The predicted octanol–water partition coefficient (Wildman–Crippen LogP) is 0.223. The highest BCUT2D eigenvalue weighted by molar-refractivity contribution is 7.81. The first-order valence-electron chi connectivity index (χ1n) is 5.34. The summed E-state index contributed by atoms with van der Waals surface area (Å²) < 4.78 is 66.6. The molecule has 0 amide bonds. The summed E-state index contributed by atoms with van der Waals surface area (Å²) in [6.45, 7) is 2.57. The molecular formula is C10H10O10S2. The average Bonchev–Trinajstić information content (AvgIpc) is 2.23. The van der Waals surface area contributed by atoms with E-state index in [-0.39, 0.29) is 16.7 Å². The monoisotopic (exact) mass is 354 g/mol. The molecule has 0 aliphatic rings. The number of benzene rings is 1. The fraction of sp³-hybridized carbons (Fsp3) is 0.200. The maximum atomic E-state index is 11.7. The van der Waals surface area contributed by atoms with Crippen LogP contribution in [0.2, 0.25) is 0 Å². The Morgan fingerprint density at radius 2 is 1.36 bits per heavy atom. The smallest absolute Gasteiger partial charge is 0.320 e. The summed E-state index contributed by atoms with van der Waals surface area (Å²) in [6.07, 6.45) is 0. The van der Waals surface area contributed by atoms with E-state index in [2.05, 4.69) is 8.37 Å². The van der Waals surface area contributed by atoms with Gasteiger partial charge in [0.25, 0.3) is 0 Å². The molecule has 0 aliphatic heterocycles. The van der Waals surface area contributed by atoms with Crippen LogP contribution in [0.15, 0.2) is 12.1 Å². The number of carbonyl (C=O) groups excluding carboxylic acids is 2. The van der Waals surface area contributed by atoms with Gasteiger partial charge in [-0.1, -0.05) is 6.07 Å². The van der Waals surface area contributed by atoms with Gasteiger partial charge < -0.3 is 8.37 Å². The molecule has 12 heteroatoms. The lowest BCUT2D eigenvalue weighted by Gasteiger charge is -2.11. The van der Waals surface area contributed by atoms with Gasteiger partial charge in [-0.25, -0.2) is 9.59 Å². The Hall–Kier alpha value is -2.02. The minimum absolute atomic E-state index is 0.165. The fourth-order valence-corrected chi connectivity index (χ4v) is 2.22. The van der Waals surface area contributed by atoms with Crippen molar-refractivity contribution in [2.75, 3.05) is 0 Å². The SMILES string of the molecule is Cc1ccc(C(=O)OS(=O)(=O)O)c(C)c1C(=O)OS(=O)(=O)O. The van der Waals surface area contributed by atoms with E-state index in [1.165, 1.54) is 19.9 Å². The van der Waals surface area contributed by atoms with E-state index < -0.39 is 38.3 Å². The van der Waals surface area contributed by atoms with Crippen molar-refractivity contribution in [2.45, 2.75) is 13.8 Å². The van der Waals surface area contributed by atoms with Gasteiger partial charge in [0.2, 0.25) is 0 Å². The molecule has 0 heterocycles. The van der Waals surface area contributed by atoms with Crippen molar-refractivity contribution < 1.29 is 43.9 Å². The molecule has 0 saturated carbocycles. The van der Waals surface area contributed by atoms with Crippen molar-refractivity contribution >= 4 is 32.7 Å². The maximum absolute atomic E-state index is 11.7. The first-order valence-corrected chi connectivity index (χ1v) is 8.07. The van der Waals surface area contributed by atoms with Gasteiger partial charge in [0.1, 0.15) is 0 Å². The summed E-state index contributed by atoms with van der Waals surface area (Å²) in [4.78, 5) is 23.3. The average molecular weight is 354 g/mol. The van der Waals surface area contributed by atoms with E-state index in [0.29, 0.717) is 0 Å². The number of hydrogen-bond acceptors (Lipinski definition) is 8. The third kappa shape index (κ3) is 4.77. The fourth-order valence-electron chi connectivity index (χ4n) is 1.66. The van der Waals surface area contributed by atoms with Crippen LogP contribution in [0.3, 0.4) is 0 Å². The number of rotatable bonds is 4. The third-order valence-electron chi connectivity index (χ3n) is 2.46. The van der Waals surface area contributed by atoms with Gasteiger partial charge in [-0.05, 0) is 31.0 Å². The summed E-state index contributed by atoms with van der Waals surface area (Å²) in [7, 11) is -10.1. The molecule has 0 atom stereocenters. The second-order valence-electron chi connectivity index (χ2n) is 4.03. The van der Waals surface area contributed by atoms with Gasteiger partial charge in [-0.2, -0.15) is 16.8 Å². The minimum Gasteiger partial charge on any atom is -0.320 e. The second kappa shape index (κ2) is 6.00. The molecule has 0 radical (unpaired) electrons. The predicted molar refractivity (Wildman–Crippen MR) is 69.8 cm³/mol. The van der Waals surface area contributed by atoms with Gasteiger partial charge in [0, 0.05) is 0 Å². The Bertz CT molecular complexity index is 835. The van der Waals surface area contributed by atoms with Crippen LogP contribution in [0, 0.1) is 13.8 Å². The van der Waals surface area contributed by atoms with Crippen molar-refractivity contribution in [1.29, 1.82) is 0 Å². The standard InChI is InChI=1S/C10H10O10S2/c1-5-3-4-7(9(11)19-21(13,14)15)6(2)8(5)10(12)20-22(16,17)18/h3-4H,1-2H3,(H,13,14,15)(H,16,17,18). The molecule has 0 unspecified atom stereocenters. The van der Waals surface area contributed by atoms with E-state index >= 15 is 0 Å². The molecule has 1 rings (SSSR count). The Balaban J connectivity index is 3.35. The van der Waals surface area contributed by atoms with Crippen LogP contribution in [0.4, 0.5) is 0 Å². The molecule has 122 valence electrons. The first-order chi connectivity index (χ1) is 9.82. The zero-order valence-electron chi connectivity index (χ0n) is 11.1. The lowest BCUT2D eigenvalue weighted by molar-refractivity contribution is 0.0723. The summed E-state index contributed by atoms with van der Waals surface area (Å²) >= 11 is 0. The van der Waals surface area contributed by atoms with Crippen LogP contribution in [0.25, 0.3) is 0 Å². The van der Waals surface area contributed by atoms with Crippen molar-refractivity contribution in [1.82, 2.24) is 0 Å². The molecule has 0 bridgehead atoms. The molecule has 2 N–H and O–H groups in total. The van der Waals surface area contributed by atoms with Crippen LogP contribution < -0.4 is 0 Å². The largest absolute Gasteiger partial charge is 0.449 e. The summed E-state index contributed by atoms with van der Waals surface area (Å²) in [5.41, 5.74) is -0.787. The van der Waals surface area contributed by atoms with Gasteiger partial charge in [-0.15, -0.1) is 0 Å². The van der Waals surface area contributed by atoms with E-state index in [1.54, 1.807) is 0 Å². The lowest BCUT2D eigenvalue weighted by Crippen LogP contribution is -2.18. The van der Waals surface area contributed by atoms with E-state index in [4.69, 9.17) is 9.11 Å². The molecule has 0 aliphatic carbocycles. The van der Waals surface area contributed by atoms with Crippen LogP contribution >= 0.6 is 0 Å². The normalized spacial score (nSPS) is 11.8. The summed E-state index contributed by atoms with van der Waals surface area (Å²) in [5.74, 6) is -2.96. The highest BCUT2D eigenvalue weighted by Gasteiger charge is 2.25. The number of aryl methyl sites for hydroxylation is 1. The quantitative estimate of drug-likeness (QED) is 0.715.